The highest BCUT2D eigenvalue weighted by atomic mass is 35.5. The van der Waals surface area contributed by atoms with Crippen LogP contribution in [0.2, 0.25) is 5.02 Å². The Kier molecular flexibility index (Phi) is 8.37. The van der Waals surface area contributed by atoms with Crippen molar-refractivity contribution in [3.63, 3.8) is 0 Å². The standard InChI is InChI=1S/C21H23ClN4O4/c1-13(2)24-20(28)21(29)26-23-11-15-7-9-16(10-8-15)30-12-19(27)25-18-6-4-5-17(22)14(18)3/h4-11,13H,12H2,1-3H3,(H,24,28)(H,25,27)(H,26,29)/b23-11-. The van der Waals surface area contributed by atoms with Crippen LogP contribution < -0.4 is 20.8 Å². The summed E-state index contributed by atoms with van der Waals surface area (Å²) < 4.78 is 5.46. The quantitative estimate of drug-likeness (QED) is 0.356. The molecule has 0 heterocycles. The molecular weight excluding hydrogens is 408 g/mol. The van der Waals surface area contributed by atoms with Crippen LogP contribution in [0.5, 0.6) is 5.75 Å². The molecule has 2 rings (SSSR count). The van der Waals surface area contributed by atoms with Gasteiger partial charge in [-0.25, -0.2) is 5.43 Å². The Morgan fingerprint density at radius 2 is 1.80 bits per heavy atom. The molecule has 0 aliphatic rings. The number of rotatable bonds is 7. The van der Waals surface area contributed by atoms with Crippen molar-refractivity contribution in [2.75, 3.05) is 11.9 Å². The van der Waals surface area contributed by atoms with E-state index < -0.39 is 11.8 Å². The van der Waals surface area contributed by atoms with Gasteiger partial charge in [-0.05, 0) is 68.3 Å². The average molecular weight is 431 g/mol. The lowest BCUT2D eigenvalue weighted by molar-refractivity contribution is -0.139. The van der Waals surface area contributed by atoms with E-state index in [1.54, 1.807) is 56.3 Å². The molecule has 2 aromatic carbocycles. The Labute approximate surface area is 179 Å². The van der Waals surface area contributed by atoms with E-state index in [0.717, 1.165) is 5.56 Å². The van der Waals surface area contributed by atoms with Crippen LogP contribution in [0.15, 0.2) is 47.6 Å². The Balaban J connectivity index is 1.81. The minimum Gasteiger partial charge on any atom is -0.484 e. The number of ether oxygens (including phenoxy) is 1. The van der Waals surface area contributed by atoms with Crippen molar-refractivity contribution >= 4 is 41.2 Å². The van der Waals surface area contributed by atoms with E-state index in [-0.39, 0.29) is 18.6 Å². The second kappa shape index (κ2) is 11.0. The van der Waals surface area contributed by atoms with E-state index >= 15 is 0 Å². The summed E-state index contributed by atoms with van der Waals surface area (Å²) in [5.41, 5.74) is 4.23. The Morgan fingerprint density at radius 3 is 2.47 bits per heavy atom. The second-order valence-electron chi connectivity index (χ2n) is 6.65. The highest BCUT2D eigenvalue weighted by molar-refractivity contribution is 6.35. The molecule has 0 saturated heterocycles. The van der Waals surface area contributed by atoms with Crippen LogP contribution in [0, 0.1) is 6.92 Å². The van der Waals surface area contributed by atoms with Crippen LogP contribution in [-0.4, -0.2) is 36.6 Å². The predicted octanol–water partition coefficient (Wildman–Crippen LogP) is 2.64. The van der Waals surface area contributed by atoms with E-state index in [2.05, 4.69) is 21.2 Å². The minimum absolute atomic E-state index is 0.142. The summed E-state index contributed by atoms with van der Waals surface area (Å²) in [7, 11) is 0. The zero-order valence-electron chi connectivity index (χ0n) is 16.9. The van der Waals surface area contributed by atoms with E-state index in [0.29, 0.717) is 22.0 Å². The first-order valence-corrected chi connectivity index (χ1v) is 9.55. The van der Waals surface area contributed by atoms with Crippen LogP contribution in [0.1, 0.15) is 25.0 Å². The molecule has 2 aromatic rings. The molecule has 0 bridgehead atoms. The van der Waals surface area contributed by atoms with Crippen LogP contribution in [0.4, 0.5) is 5.69 Å². The van der Waals surface area contributed by atoms with Crippen LogP contribution in [0.25, 0.3) is 0 Å². The number of hydrogen-bond donors (Lipinski definition) is 3. The van der Waals surface area contributed by atoms with Gasteiger partial charge in [0.2, 0.25) is 0 Å². The van der Waals surface area contributed by atoms with Gasteiger partial charge in [-0.3, -0.25) is 14.4 Å². The molecular formula is C21H23ClN4O4. The van der Waals surface area contributed by atoms with Crippen LogP contribution >= 0.6 is 11.6 Å². The molecule has 158 valence electrons. The fraction of sp³-hybridized carbons (Fsp3) is 0.238. The van der Waals surface area contributed by atoms with Crippen LogP contribution in [-0.2, 0) is 14.4 Å². The van der Waals surface area contributed by atoms with Gasteiger partial charge in [-0.2, -0.15) is 5.10 Å². The fourth-order valence-corrected chi connectivity index (χ4v) is 2.45. The maximum atomic E-state index is 12.1. The van der Waals surface area contributed by atoms with E-state index in [1.165, 1.54) is 6.21 Å². The van der Waals surface area contributed by atoms with Gasteiger partial charge in [-0.1, -0.05) is 17.7 Å². The molecule has 3 N–H and O–H groups in total. The molecule has 0 spiro atoms. The van der Waals surface area contributed by atoms with Gasteiger partial charge in [0.1, 0.15) is 5.75 Å². The molecule has 0 unspecified atom stereocenters. The maximum Gasteiger partial charge on any atom is 0.329 e. The monoisotopic (exact) mass is 430 g/mol. The summed E-state index contributed by atoms with van der Waals surface area (Å²) in [6.07, 6.45) is 1.39. The number of nitrogens with zero attached hydrogens (tertiary/aromatic N) is 1. The first kappa shape index (κ1) is 22.9. The molecule has 30 heavy (non-hydrogen) atoms. The van der Waals surface area contributed by atoms with Crippen molar-refractivity contribution in [1.29, 1.82) is 0 Å². The van der Waals surface area contributed by atoms with E-state index in [9.17, 15) is 14.4 Å². The lowest BCUT2D eigenvalue weighted by atomic mass is 10.2. The van der Waals surface area contributed by atoms with Gasteiger partial charge in [-0.15, -0.1) is 0 Å². The van der Waals surface area contributed by atoms with Crippen molar-refractivity contribution < 1.29 is 19.1 Å². The Morgan fingerprint density at radius 1 is 1.10 bits per heavy atom. The molecule has 0 aromatic heterocycles. The number of hydrogen-bond acceptors (Lipinski definition) is 5. The minimum atomic E-state index is -0.846. The van der Waals surface area contributed by atoms with Gasteiger partial charge in [0.15, 0.2) is 6.61 Å². The normalized spacial score (nSPS) is 10.7. The molecule has 0 radical (unpaired) electrons. The first-order chi connectivity index (χ1) is 14.3. The van der Waals surface area contributed by atoms with E-state index in [1.807, 2.05) is 6.92 Å². The topological polar surface area (TPSA) is 109 Å². The lowest BCUT2D eigenvalue weighted by Gasteiger charge is -2.10. The van der Waals surface area contributed by atoms with Crippen molar-refractivity contribution in [3.8, 4) is 5.75 Å². The molecule has 0 atom stereocenters. The zero-order chi connectivity index (χ0) is 22.1. The zero-order valence-corrected chi connectivity index (χ0v) is 17.6. The largest absolute Gasteiger partial charge is 0.484 e. The molecule has 8 nitrogen and oxygen atoms in total. The van der Waals surface area contributed by atoms with Crippen molar-refractivity contribution in [1.82, 2.24) is 10.7 Å². The summed E-state index contributed by atoms with van der Waals surface area (Å²) >= 11 is 6.04. The smallest absolute Gasteiger partial charge is 0.329 e. The van der Waals surface area contributed by atoms with Crippen LogP contribution in [0.3, 0.4) is 0 Å². The molecule has 0 fully saturated rings. The number of carbonyl (C=O) groups excluding carboxylic acids is 3. The number of halogens is 1. The molecule has 9 heteroatoms. The molecule has 0 aliphatic heterocycles. The number of anilines is 1. The summed E-state index contributed by atoms with van der Waals surface area (Å²) in [5, 5.41) is 9.52. The summed E-state index contributed by atoms with van der Waals surface area (Å²) in [6, 6.07) is 11.8. The molecule has 0 aliphatic carbocycles. The maximum absolute atomic E-state index is 12.1. The third-order valence-corrected chi connectivity index (χ3v) is 4.21. The number of carbonyl (C=O) groups is 3. The molecule has 0 saturated carbocycles. The average Bonchev–Trinajstić information content (AvgIpc) is 2.70. The number of nitrogens with one attached hydrogen (secondary N) is 3. The Hall–Kier alpha value is -3.39. The molecule has 3 amide bonds. The summed E-state index contributed by atoms with van der Waals surface area (Å²) in [5.74, 6) is -1.42. The van der Waals surface area contributed by atoms with Crippen molar-refractivity contribution in [3.05, 3.63) is 58.6 Å². The van der Waals surface area contributed by atoms with Gasteiger partial charge in [0.05, 0.1) is 6.21 Å². The van der Waals surface area contributed by atoms with Gasteiger partial charge >= 0.3 is 11.8 Å². The summed E-state index contributed by atoms with van der Waals surface area (Å²) in [4.78, 5) is 35.1. The van der Waals surface area contributed by atoms with Gasteiger partial charge < -0.3 is 15.4 Å². The SMILES string of the molecule is Cc1c(Cl)cccc1NC(=O)COc1ccc(/C=N\NC(=O)C(=O)NC(C)C)cc1. The number of benzene rings is 2. The number of hydrazone groups is 1. The summed E-state index contributed by atoms with van der Waals surface area (Å²) in [6.45, 7) is 5.15. The fourth-order valence-electron chi connectivity index (χ4n) is 2.27. The van der Waals surface area contributed by atoms with E-state index in [4.69, 9.17) is 16.3 Å². The van der Waals surface area contributed by atoms with Gasteiger partial charge in [0.25, 0.3) is 5.91 Å². The highest BCUT2D eigenvalue weighted by Crippen LogP contribution is 2.22. The second-order valence-corrected chi connectivity index (χ2v) is 7.05. The van der Waals surface area contributed by atoms with Gasteiger partial charge in [0, 0.05) is 16.8 Å². The van der Waals surface area contributed by atoms with Crippen molar-refractivity contribution in [2.24, 2.45) is 5.10 Å². The third-order valence-electron chi connectivity index (χ3n) is 3.80. The lowest BCUT2D eigenvalue weighted by Crippen LogP contribution is -2.41. The highest BCUT2D eigenvalue weighted by Gasteiger charge is 2.13. The Bertz CT molecular complexity index is 943. The number of amides is 3. The first-order valence-electron chi connectivity index (χ1n) is 9.18. The third kappa shape index (κ3) is 7.21. The van der Waals surface area contributed by atoms with Crippen molar-refractivity contribution in [2.45, 2.75) is 26.8 Å². The predicted molar refractivity (Wildman–Crippen MR) is 116 cm³/mol.